The van der Waals surface area contributed by atoms with Gasteiger partial charge in [-0.15, -0.1) is 5.10 Å². The van der Waals surface area contributed by atoms with Gasteiger partial charge < -0.3 is 14.6 Å². The highest BCUT2D eigenvalue weighted by atomic mass is 16.5. The molecular weight excluding hydrogens is 276 g/mol. The van der Waals surface area contributed by atoms with E-state index in [1.807, 2.05) is 0 Å². The summed E-state index contributed by atoms with van der Waals surface area (Å²) in [4.78, 5) is 10.8. The second-order valence-electron chi connectivity index (χ2n) is 5.26. The van der Waals surface area contributed by atoms with Crippen molar-refractivity contribution in [1.82, 2.24) is 20.2 Å². The van der Waals surface area contributed by atoms with Crippen LogP contribution in [0.4, 0.5) is 0 Å². The molecule has 1 aliphatic heterocycles. The van der Waals surface area contributed by atoms with Crippen LogP contribution in [-0.2, 0) is 27.2 Å². The maximum Gasteiger partial charge on any atom is 0.306 e. The molecule has 2 unspecified atom stereocenters. The van der Waals surface area contributed by atoms with Gasteiger partial charge in [0.2, 0.25) is 0 Å². The van der Waals surface area contributed by atoms with Gasteiger partial charge in [-0.1, -0.05) is 0 Å². The monoisotopic (exact) mass is 298 g/mol. The highest BCUT2D eigenvalue weighted by molar-refractivity contribution is 5.67. The van der Waals surface area contributed by atoms with E-state index in [9.17, 15) is 4.79 Å². The Kier molecular flexibility index (Phi) is 6.06. The van der Waals surface area contributed by atoms with E-state index in [0.717, 1.165) is 38.1 Å². The number of carboxylic acids is 1. The predicted molar refractivity (Wildman–Crippen MR) is 72.8 cm³/mol. The van der Waals surface area contributed by atoms with Gasteiger partial charge in [-0.3, -0.25) is 4.79 Å². The Morgan fingerprint density at radius 2 is 2.43 bits per heavy atom. The van der Waals surface area contributed by atoms with Crippen molar-refractivity contribution in [2.75, 3.05) is 13.7 Å². The first-order valence-electron chi connectivity index (χ1n) is 7.30. The van der Waals surface area contributed by atoms with Crippen molar-refractivity contribution in [3.8, 4) is 0 Å². The van der Waals surface area contributed by atoms with Gasteiger partial charge in [-0.2, -0.15) is 0 Å². The standard InChI is InChI=1S/C13H22N4O4/c1-20-11(8-13(18)19)9-17-12(14-15-16-17)6-5-10-4-2-3-7-21-10/h10-11H,2-9H2,1H3,(H,18,19). The Morgan fingerprint density at radius 3 is 3.10 bits per heavy atom. The third kappa shape index (κ3) is 5.05. The molecule has 21 heavy (non-hydrogen) atoms. The highest BCUT2D eigenvalue weighted by Gasteiger charge is 2.18. The van der Waals surface area contributed by atoms with Gasteiger partial charge in [0.25, 0.3) is 0 Å². The van der Waals surface area contributed by atoms with Crippen molar-refractivity contribution in [1.29, 1.82) is 0 Å². The van der Waals surface area contributed by atoms with E-state index in [0.29, 0.717) is 6.54 Å². The van der Waals surface area contributed by atoms with Crippen LogP contribution in [0, 0.1) is 0 Å². The van der Waals surface area contributed by atoms with Gasteiger partial charge in [0.05, 0.1) is 25.2 Å². The average Bonchev–Trinajstić information content (AvgIpc) is 2.92. The molecule has 2 rings (SSSR count). The minimum Gasteiger partial charge on any atom is -0.481 e. The first-order chi connectivity index (χ1) is 10.2. The number of methoxy groups -OCH3 is 1. The second-order valence-corrected chi connectivity index (χ2v) is 5.26. The van der Waals surface area contributed by atoms with E-state index in [-0.39, 0.29) is 12.5 Å². The van der Waals surface area contributed by atoms with E-state index < -0.39 is 12.1 Å². The molecule has 0 spiro atoms. The number of aromatic nitrogens is 4. The lowest BCUT2D eigenvalue weighted by molar-refractivity contribution is -0.140. The molecule has 2 heterocycles. The molecule has 8 nitrogen and oxygen atoms in total. The number of tetrazole rings is 1. The maximum absolute atomic E-state index is 10.8. The van der Waals surface area contributed by atoms with Crippen molar-refractivity contribution in [2.24, 2.45) is 0 Å². The quantitative estimate of drug-likeness (QED) is 0.752. The summed E-state index contributed by atoms with van der Waals surface area (Å²) in [5.74, 6) is -0.149. The molecule has 1 fully saturated rings. The van der Waals surface area contributed by atoms with Crippen molar-refractivity contribution in [2.45, 2.75) is 57.3 Å². The lowest BCUT2D eigenvalue weighted by Crippen LogP contribution is -2.25. The molecule has 0 aromatic carbocycles. The van der Waals surface area contributed by atoms with Crippen LogP contribution in [0.2, 0.25) is 0 Å². The van der Waals surface area contributed by atoms with Gasteiger partial charge in [0.15, 0.2) is 5.82 Å². The molecule has 0 saturated carbocycles. The SMILES string of the molecule is COC(CC(=O)O)Cn1nnnc1CCC1CCCCO1. The fourth-order valence-corrected chi connectivity index (χ4v) is 2.48. The van der Waals surface area contributed by atoms with Crippen molar-refractivity contribution in [3.05, 3.63) is 5.82 Å². The average molecular weight is 298 g/mol. The summed E-state index contributed by atoms with van der Waals surface area (Å²) >= 11 is 0. The number of carbonyl (C=O) groups is 1. The Labute approximate surface area is 123 Å². The molecule has 0 radical (unpaired) electrons. The van der Waals surface area contributed by atoms with Crippen LogP contribution in [0.5, 0.6) is 0 Å². The van der Waals surface area contributed by atoms with Crippen LogP contribution in [0.15, 0.2) is 0 Å². The number of aliphatic carboxylic acids is 1. The number of aryl methyl sites for hydroxylation is 1. The number of hydrogen-bond acceptors (Lipinski definition) is 6. The molecule has 8 heteroatoms. The van der Waals surface area contributed by atoms with Crippen molar-refractivity contribution >= 4 is 5.97 Å². The van der Waals surface area contributed by atoms with Crippen LogP contribution in [0.25, 0.3) is 0 Å². The number of carboxylic acid groups (broad SMARTS) is 1. The molecule has 1 aliphatic rings. The summed E-state index contributed by atoms with van der Waals surface area (Å²) in [5.41, 5.74) is 0. The molecular formula is C13H22N4O4. The maximum atomic E-state index is 10.8. The zero-order valence-electron chi connectivity index (χ0n) is 12.3. The van der Waals surface area contributed by atoms with Crippen molar-refractivity contribution in [3.63, 3.8) is 0 Å². The third-order valence-electron chi connectivity index (χ3n) is 3.68. The normalized spacial score (nSPS) is 20.3. The van der Waals surface area contributed by atoms with Gasteiger partial charge in [-0.05, 0) is 36.1 Å². The Hall–Kier alpha value is -1.54. The lowest BCUT2D eigenvalue weighted by atomic mass is 10.0. The van der Waals surface area contributed by atoms with Crippen LogP contribution in [0.3, 0.4) is 0 Å². The van der Waals surface area contributed by atoms with Crippen LogP contribution >= 0.6 is 0 Å². The Balaban J connectivity index is 1.86. The van der Waals surface area contributed by atoms with Gasteiger partial charge in [0, 0.05) is 20.1 Å². The summed E-state index contributed by atoms with van der Waals surface area (Å²) in [7, 11) is 1.49. The summed E-state index contributed by atoms with van der Waals surface area (Å²) in [6.07, 6.45) is 4.82. The molecule has 0 amide bonds. The van der Waals surface area contributed by atoms with E-state index in [1.165, 1.54) is 13.5 Å². The number of rotatable bonds is 8. The molecule has 0 bridgehead atoms. The topological polar surface area (TPSA) is 99.4 Å². The summed E-state index contributed by atoms with van der Waals surface area (Å²) in [6, 6.07) is 0. The fraction of sp³-hybridized carbons (Fsp3) is 0.846. The van der Waals surface area contributed by atoms with Gasteiger partial charge in [-0.25, -0.2) is 4.68 Å². The minimum atomic E-state index is -0.896. The Morgan fingerprint density at radius 1 is 1.57 bits per heavy atom. The summed E-state index contributed by atoms with van der Waals surface area (Å²) in [5, 5.41) is 20.4. The van der Waals surface area contributed by atoms with E-state index >= 15 is 0 Å². The minimum absolute atomic E-state index is 0.0679. The number of ether oxygens (including phenoxy) is 2. The second kappa shape index (κ2) is 8.04. The zero-order chi connectivity index (χ0) is 15.1. The van der Waals surface area contributed by atoms with Gasteiger partial charge in [0.1, 0.15) is 0 Å². The molecule has 1 aromatic heterocycles. The van der Waals surface area contributed by atoms with E-state index in [4.69, 9.17) is 14.6 Å². The summed E-state index contributed by atoms with van der Waals surface area (Å²) in [6.45, 7) is 1.18. The molecule has 0 aliphatic carbocycles. The Bertz CT molecular complexity index is 445. The lowest BCUT2D eigenvalue weighted by Gasteiger charge is -2.22. The third-order valence-corrected chi connectivity index (χ3v) is 3.68. The van der Waals surface area contributed by atoms with Crippen LogP contribution in [0.1, 0.15) is 37.9 Å². The molecule has 118 valence electrons. The van der Waals surface area contributed by atoms with Gasteiger partial charge >= 0.3 is 5.97 Å². The van der Waals surface area contributed by atoms with Crippen molar-refractivity contribution < 1.29 is 19.4 Å². The summed E-state index contributed by atoms with van der Waals surface area (Å²) < 4.78 is 12.5. The fourth-order valence-electron chi connectivity index (χ4n) is 2.48. The van der Waals surface area contributed by atoms with Crippen LogP contribution in [-0.4, -0.2) is 57.2 Å². The molecule has 1 saturated heterocycles. The molecule has 1 N–H and O–H groups in total. The van der Waals surface area contributed by atoms with E-state index in [2.05, 4.69) is 15.5 Å². The highest BCUT2D eigenvalue weighted by Crippen LogP contribution is 2.17. The largest absolute Gasteiger partial charge is 0.481 e. The molecule has 2 atom stereocenters. The van der Waals surface area contributed by atoms with E-state index in [1.54, 1.807) is 4.68 Å². The predicted octanol–water partition coefficient (Wildman–Crippen LogP) is 0.664. The smallest absolute Gasteiger partial charge is 0.306 e. The number of hydrogen-bond donors (Lipinski definition) is 1. The molecule has 1 aromatic rings. The first-order valence-corrected chi connectivity index (χ1v) is 7.30. The first kappa shape index (κ1) is 15.8. The number of nitrogens with zero attached hydrogens (tertiary/aromatic N) is 4. The zero-order valence-corrected chi connectivity index (χ0v) is 12.3. The van der Waals surface area contributed by atoms with Crippen LogP contribution < -0.4 is 0 Å².